The van der Waals surface area contributed by atoms with Gasteiger partial charge in [0.15, 0.2) is 0 Å². The van der Waals surface area contributed by atoms with Gasteiger partial charge in [-0.2, -0.15) is 0 Å². The first-order valence-electron chi connectivity index (χ1n) is 3.97. The van der Waals surface area contributed by atoms with Gasteiger partial charge in [-0.3, -0.25) is 0 Å². The molecule has 1 fully saturated rings. The second-order valence-corrected chi connectivity index (χ2v) is 4.41. The van der Waals surface area contributed by atoms with Gasteiger partial charge < -0.3 is 0 Å². The average Bonchev–Trinajstić information content (AvgIpc) is 2.91. The third-order valence-electron chi connectivity index (χ3n) is 2.13. The van der Waals surface area contributed by atoms with E-state index in [1.54, 1.807) is 0 Å². The topological polar surface area (TPSA) is 56.9 Å². The Labute approximate surface area is 89.6 Å². The van der Waals surface area contributed by atoms with Crippen molar-refractivity contribution in [3.63, 3.8) is 0 Å². The van der Waals surface area contributed by atoms with Crippen molar-refractivity contribution in [1.29, 1.82) is 0 Å². The molecule has 0 bridgehead atoms. The molecule has 0 unspecified atom stereocenters. The van der Waals surface area contributed by atoms with Gasteiger partial charge in [0, 0.05) is 0 Å². The fraction of sp³-hybridized carbons (Fsp3) is 0.571. The molecule has 1 saturated carbocycles. The Morgan fingerprint density at radius 2 is 2.08 bits per heavy atom. The summed E-state index contributed by atoms with van der Waals surface area (Å²) in [6.07, 6.45) is 2.04. The quantitative estimate of drug-likeness (QED) is 0.641. The Morgan fingerprint density at radius 1 is 1.46 bits per heavy atom. The van der Waals surface area contributed by atoms with E-state index in [1.165, 1.54) is 9.67 Å². The molecule has 6 heteroatoms. The average molecular weight is 376 g/mol. The van der Waals surface area contributed by atoms with Crippen molar-refractivity contribution in [1.82, 2.24) is 12.3 Å². The van der Waals surface area contributed by atoms with Crippen LogP contribution in [0, 0.1) is 25.0 Å². The van der Waals surface area contributed by atoms with Gasteiger partial charge >= 0.3 is 89.6 Å². The van der Waals surface area contributed by atoms with Crippen molar-refractivity contribution < 1.29 is 25.0 Å². The third-order valence-corrected chi connectivity index (χ3v) is 2.98. The zero-order valence-corrected chi connectivity index (χ0v) is 9.97. The van der Waals surface area contributed by atoms with Crippen LogP contribution in [0.4, 0.5) is 0 Å². The van der Waals surface area contributed by atoms with E-state index in [4.69, 9.17) is 0 Å². The molecule has 2 rings (SSSR count). The van der Waals surface area contributed by atoms with Crippen LogP contribution in [0.25, 0.3) is 0 Å². The van der Waals surface area contributed by atoms with Crippen molar-refractivity contribution in [3.05, 3.63) is 26.5 Å². The van der Waals surface area contributed by atoms with Gasteiger partial charge in [0.2, 0.25) is 0 Å². The van der Waals surface area contributed by atoms with Crippen LogP contribution < -0.4 is 11.2 Å². The summed E-state index contributed by atoms with van der Waals surface area (Å²) >= 11 is 1.15. The van der Waals surface area contributed by atoms with Crippen LogP contribution >= 0.6 is 0 Å². The zero-order valence-electron chi connectivity index (χ0n) is 7.03. The Morgan fingerprint density at radius 3 is 2.62 bits per heavy atom. The van der Waals surface area contributed by atoms with E-state index in [0.717, 1.165) is 42.4 Å². The first-order valence-corrected chi connectivity index (χ1v) is 5.29. The first-order chi connectivity index (χ1) is 6.11. The number of rotatable bonds is 1. The number of hydrogen-bond acceptors (Lipinski definition) is 3. The van der Waals surface area contributed by atoms with Gasteiger partial charge in [-0.1, -0.05) is 0 Å². The fourth-order valence-corrected chi connectivity index (χ4v) is 1.93. The van der Waals surface area contributed by atoms with Crippen molar-refractivity contribution in [2.24, 2.45) is 7.05 Å². The molecule has 1 aliphatic carbocycles. The second kappa shape index (κ2) is 3.01. The summed E-state index contributed by atoms with van der Waals surface area (Å²) in [6.45, 7) is 0. The number of nitrogens with zero attached hydrogens (tertiary/aromatic N) is 3. The predicted octanol–water partition coefficient (Wildman–Crippen LogP) is -0.868. The summed E-state index contributed by atoms with van der Waals surface area (Å²) in [5, 5.41) is 3.99. The second-order valence-electron chi connectivity index (χ2n) is 3.17. The van der Waals surface area contributed by atoms with Crippen molar-refractivity contribution >= 4 is 0 Å². The van der Waals surface area contributed by atoms with Gasteiger partial charge in [-0.25, -0.2) is 0 Å². The molecule has 0 amide bonds. The normalized spacial score (nSPS) is 16.2. The molecule has 0 aliphatic heterocycles. The molecule has 0 spiro atoms. The first kappa shape index (κ1) is 9.06. The third kappa shape index (κ3) is 1.48. The van der Waals surface area contributed by atoms with Crippen LogP contribution in [0.15, 0.2) is 9.59 Å². The maximum atomic E-state index is 11.5. The molecular formula is C7H8AtN3O2. The molecule has 0 atom stereocenters. The Balaban J connectivity index is 2.72. The molecule has 0 radical (unpaired) electrons. The molecule has 1 aliphatic rings. The number of hydrogen-bond donors (Lipinski definition) is 0. The molecule has 0 N–H and O–H groups in total. The van der Waals surface area contributed by atoms with Crippen molar-refractivity contribution in [2.45, 2.75) is 18.8 Å². The minimum absolute atomic E-state index is 0.236. The van der Waals surface area contributed by atoms with Crippen LogP contribution in [-0.4, -0.2) is 12.3 Å². The van der Waals surface area contributed by atoms with Crippen LogP contribution in [-0.2, 0) is 7.05 Å². The van der Waals surface area contributed by atoms with Crippen LogP contribution in [0.2, 0.25) is 0 Å². The van der Waals surface area contributed by atoms with Crippen molar-refractivity contribution in [3.8, 4) is 0 Å². The summed E-state index contributed by atoms with van der Waals surface area (Å²) < 4.78 is 2.40. The summed E-state index contributed by atoms with van der Waals surface area (Å²) in [7, 11) is 1.49. The van der Waals surface area contributed by atoms with Crippen LogP contribution in [0.5, 0.6) is 0 Å². The van der Waals surface area contributed by atoms with Gasteiger partial charge in [0.05, 0.1) is 0 Å². The van der Waals surface area contributed by atoms with Gasteiger partial charge in [-0.05, 0) is 0 Å². The van der Waals surface area contributed by atoms with Crippen LogP contribution in [0.1, 0.15) is 24.5 Å². The summed E-state index contributed by atoms with van der Waals surface area (Å²) in [4.78, 5) is 22.8. The van der Waals surface area contributed by atoms with E-state index in [1.807, 2.05) is 0 Å². The van der Waals surface area contributed by atoms with E-state index < -0.39 is 0 Å². The van der Waals surface area contributed by atoms with E-state index in [-0.39, 0.29) is 11.2 Å². The Bertz CT molecular complexity index is 458. The van der Waals surface area contributed by atoms with E-state index >= 15 is 0 Å². The molecule has 1 aromatic rings. The molecule has 1 aromatic heterocycles. The van der Waals surface area contributed by atoms with E-state index in [9.17, 15) is 9.59 Å². The predicted molar refractivity (Wildman–Crippen MR) is 41.1 cm³/mol. The van der Waals surface area contributed by atoms with Gasteiger partial charge in [0.25, 0.3) is 0 Å². The van der Waals surface area contributed by atoms with E-state index in [0.29, 0.717) is 11.6 Å². The van der Waals surface area contributed by atoms with E-state index in [2.05, 4.69) is 5.10 Å². The summed E-state index contributed by atoms with van der Waals surface area (Å²) in [5.74, 6) is 0.292. The molecule has 5 nitrogen and oxygen atoms in total. The molecule has 13 heavy (non-hydrogen) atoms. The standard InChI is InChI=1S/C7H8AtN3O2/c1-10-6(12)5(4-2-3-4)9-11(8)7(10)13/h4H,2-3H2,1H3. The maximum absolute atomic E-state index is 11.5. The zero-order chi connectivity index (χ0) is 9.59. The molecular weight excluding hydrogens is 368 g/mol. The molecule has 0 aromatic carbocycles. The Hall–Kier alpha value is -0.507. The van der Waals surface area contributed by atoms with Gasteiger partial charge in [0.1, 0.15) is 0 Å². The number of aromatic nitrogens is 3. The Kier molecular flexibility index (Phi) is 2.10. The van der Waals surface area contributed by atoms with Crippen molar-refractivity contribution in [2.75, 3.05) is 0 Å². The molecule has 0 saturated heterocycles. The fourth-order valence-electron chi connectivity index (χ4n) is 1.18. The molecule has 1 heterocycles. The van der Waals surface area contributed by atoms with Crippen LogP contribution in [0.3, 0.4) is 0 Å². The van der Waals surface area contributed by atoms with Gasteiger partial charge in [-0.15, -0.1) is 0 Å². The summed E-state index contributed by atoms with van der Waals surface area (Å²) in [5.41, 5.74) is -0.0316. The SMILES string of the molecule is Cn1c(=O)c(C2CC2)nn([At])c1=O. The monoisotopic (exact) mass is 376 g/mol. The minimum atomic E-state index is -0.342. The summed E-state index contributed by atoms with van der Waals surface area (Å²) in [6, 6.07) is 0. The molecule has 70 valence electrons.